The predicted molar refractivity (Wildman–Crippen MR) is 73.7 cm³/mol. The predicted octanol–water partition coefficient (Wildman–Crippen LogP) is 3.08. The van der Waals surface area contributed by atoms with Gasteiger partial charge in [-0.05, 0) is 37.6 Å². The summed E-state index contributed by atoms with van der Waals surface area (Å²) in [6, 6.07) is 4.71. The lowest BCUT2D eigenvalue weighted by atomic mass is 10.1. The first kappa shape index (κ1) is 13.9. The summed E-state index contributed by atoms with van der Waals surface area (Å²) in [4.78, 5) is 8.57. The minimum Gasteiger partial charge on any atom is -0.310 e. The van der Waals surface area contributed by atoms with Gasteiger partial charge in [0.15, 0.2) is 0 Å². The van der Waals surface area contributed by atoms with Crippen molar-refractivity contribution in [3.63, 3.8) is 0 Å². The number of nitrogens with one attached hydrogen (secondary N) is 1. The maximum Gasteiger partial charge on any atom is 0.145 e. The van der Waals surface area contributed by atoms with E-state index in [9.17, 15) is 4.39 Å². The normalized spacial score (nSPS) is 12.4. The lowest BCUT2D eigenvalue weighted by Crippen LogP contribution is -2.21. The van der Waals surface area contributed by atoms with Crippen molar-refractivity contribution in [1.82, 2.24) is 15.3 Å². The summed E-state index contributed by atoms with van der Waals surface area (Å²) >= 11 is 5.96. The van der Waals surface area contributed by atoms with E-state index in [0.29, 0.717) is 12.2 Å². The second kappa shape index (κ2) is 6.08. The molecular weight excluding hydrogens is 265 g/mol. The van der Waals surface area contributed by atoms with Crippen molar-refractivity contribution >= 4 is 11.6 Å². The van der Waals surface area contributed by atoms with Crippen LogP contribution in [0.25, 0.3) is 0 Å². The van der Waals surface area contributed by atoms with Crippen LogP contribution in [0.4, 0.5) is 4.39 Å². The molecule has 1 unspecified atom stereocenters. The van der Waals surface area contributed by atoms with E-state index in [-0.39, 0.29) is 11.1 Å². The average molecular weight is 280 g/mol. The molecule has 0 amide bonds. The third kappa shape index (κ3) is 3.28. The van der Waals surface area contributed by atoms with Crippen LogP contribution in [-0.2, 0) is 6.42 Å². The van der Waals surface area contributed by atoms with Crippen LogP contribution in [-0.4, -0.2) is 17.0 Å². The zero-order chi connectivity index (χ0) is 13.8. The van der Waals surface area contributed by atoms with Crippen molar-refractivity contribution in [2.45, 2.75) is 19.4 Å². The molecule has 0 spiro atoms. The van der Waals surface area contributed by atoms with Crippen molar-refractivity contribution in [3.8, 4) is 0 Å². The van der Waals surface area contributed by atoms with E-state index in [2.05, 4.69) is 15.3 Å². The SMILES string of the molecule is CNC(Cc1cccc(F)c1Cl)c1ncc(C)cn1. The van der Waals surface area contributed by atoms with Gasteiger partial charge in [0.1, 0.15) is 11.6 Å². The lowest BCUT2D eigenvalue weighted by Gasteiger charge is -2.15. The molecule has 19 heavy (non-hydrogen) atoms. The summed E-state index contributed by atoms with van der Waals surface area (Å²) in [7, 11) is 1.82. The molecule has 1 atom stereocenters. The smallest absolute Gasteiger partial charge is 0.145 e. The highest BCUT2D eigenvalue weighted by Crippen LogP contribution is 2.24. The minimum atomic E-state index is -0.404. The molecule has 0 radical (unpaired) electrons. The molecule has 100 valence electrons. The molecule has 5 heteroatoms. The lowest BCUT2D eigenvalue weighted by molar-refractivity contribution is 0.553. The molecule has 0 bridgehead atoms. The first-order valence-corrected chi connectivity index (χ1v) is 6.38. The van der Waals surface area contributed by atoms with Crippen LogP contribution < -0.4 is 5.32 Å². The van der Waals surface area contributed by atoms with Gasteiger partial charge >= 0.3 is 0 Å². The van der Waals surface area contributed by atoms with Crippen LogP contribution >= 0.6 is 11.6 Å². The Morgan fingerprint density at radius 2 is 2.00 bits per heavy atom. The Hall–Kier alpha value is -1.52. The van der Waals surface area contributed by atoms with Crippen LogP contribution in [0.2, 0.25) is 5.02 Å². The van der Waals surface area contributed by atoms with E-state index in [1.54, 1.807) is 18.5 Å². The molecule has 2 aromatic rings. The molecule has 0 fully saturated rings. The zero-order valence-corrected chi connectivity index (χ0v) is 11.6. The number of benzene rings is 1. The quantitative estimate of drug-likeness (QED) is 0.935. The van der Waals surface area contributed by atoms with Gasteiger partial charge in [-0.1, -0.05) is 23.7 Å². The molecular formula is C14H15ClFN3. The van der Waals surface area contributed by atoms with E-state index < -0.39 is 5.82 Å². The Kier molecular flexibility index (Phi) is 4.45. The maximum atomic E-state index is 13.4. The standard InChI is InChI=1S/C14H15ClFN3/c1-9-7-18-14(19-8-9)12(17-2)6-10-4-3-5-11(16)13(10)15/h3-5,7-8,12,17H,6H2,1-2H3. The first-order chi connectivity index (χ1) is 9.11. The number of likely N-dealkylation sites (N-methyl/N-ethyl adjacent to an activating group) is 1. The van der Waals surface area contributed by atoms with Crippen molar-refractivity contribution in [1.29, 1.82) is 0 Å². The van der Waals surface area contributed by atoms with Gasteiger partial charge in [0.05, 0.1) is 11.1 Å². The Bertz CT molecular complexity index is 557. The molecule has 1 aromatic heterocycles. The number of nitrogens with zero attached hydrogens (tertiary/aromatic N) is 2. The molecule has 1 aromatic carbocycles. The number of aryl methyl sites for hydroxylation is 1. The van der Waals surface area contributed by atoms with Crippen LogP contribution in [0.3, 0.4) is 0 Å². The van der Waals surface area contributed by atoms with Gasteiger partial charge in [-0.15, -0.1) is 0 Å². The molecule has 0 aliphatic heterocycles. The fraction of sp³-hybridized carbons (Fsp3) is 0.286. The highest BCUT2D eigenvalue weighted by molar-refractivity contribution is 6.31. The molecule has 3 nitrogen and oxygen atoms in total. The third-order valence-corrected chi connectivity index (χ3v) is 3.34. The highest BCUT2D eigenvalue weighted by atomic mass is 35.5. The van der Waals surface area contributed by atoms with E-state index in [4.69, 9.17) is 11.6 Å². The Balaban J connectivity index is 2.24. The molecule has 2 rings (SSSR count). The van der Waals surface area contributed by atoms with Crippen LogP contribution in [0.5, 0.6) is 0 Å². The Labute approximate surface area is 116 Å². The maximum absolute atomic E-state index is 13.4. The summed E-state index contributed by atoms with van der Waals surface area (Å²) in [6.07, 6.45) is 4.07. The topological polar surface area (TPSA) is 37.8 Å². The summed E-state index contributed by atoms with van der Waals surface area (Å²) in [5, 5.41) is 3.29. The summed E-state index contributed by atoms with van der Waals surface area (Å²) < 4.78 is 13.4. The van der Waals surface area contributed by atoms with Crippen LogP contribution in [0, 0.1) is 12.7 Å². The fourth-order valence-electron chi connectivity index (χ4n) is 1.83. The molecule has 0 aliphatic rings. The summed E-state index contributed by atoms with van der Waals surface area (Å²) in [5.41, 5.74) is 1.74. The second-order valence-electron chi connectivity index (χ2n) is 4.38. The Morgan fingerprint density at radius 1 is 1.32 bits per heavy atom. The highest BCUT2D eigenvalue weighted by Gasteiger charge is 2.16. The number of hydrogen-bond donors (Lipinski definition) is 1. The average Bonchev–Trinajstić information content (AvgIpc) is 2.42. The third-order valence-electron chi connectivity index (χ3n) is 2.92. The molecule has 1 N–H and O–H groups in total. The van der Waals surface area contributed by atoms with Crippen LogP contribution in [0.15, 0.2) is 30.6 Å². The molecule has 0 saturated heterocycles. The summed E-state index contributed by atoms with van der Waals surface area (Å²) in [6.45, 7) is 1.93. The van der Waals surface area contributed by atoms with Crippen LogP contribution in [0.1, 0.15) is 23.0 Å². The van der Waals surface area contributed by atoms with E-state index >= 15 is 0 Å². The van der Waals surface area contributed by atoms with Gasteiger partial charge in [0.25, 0.3) is 0 Å². The van der Waals surface area contributed by atoms with E-state index in [0.717, 1.165) is 11.1 Å². The van der Waals surface area contributed by atoms with Crippen molar-refractivity contribution in [2.75, 3.05) is 7.05 Å². The number of halogens is 2. The monoisotopic (exact) mass is 279 g/mol. The second-order valence-corrected chi connectivity index (χ2v) is 4.75. The van der Waals surface area contributed by atoms with Gasteiger partial charge in [-0.3, -0.25) is 0 Å². The van der Waals surface area contributed by atoms with E-state index in [1.165, 1.54) is 6.07 Å². The number of hydrogen-bond acceptors (Lipinski definition) is 3. The van der Waals surface area contributed by atoms with Crippen molar-refractivity contribution in [3.05, 3.63) is 58.4 Å². The van der Waals surface area contributed by atoms with Crippen molar-refractivity contribution < 1.29 is 4.39 Å². The molecule has 0 saturated carbocycles. The number of aromatic nitrogens is 2. The largest absolute Gasteiger partial charge is 0.310 e. The summed E-state index contributed by atoms with van der Waals surface area (Å²) in [5.74, 6) is 0.271. The molecule has 1 heterocycles. The molecule has 0 aliphatic carbocycles. The minimum absolute atomic E-state index is 0.0973. The van der Waals surface area contributed by atoms with E-state index in [1.807, 2.05) is 20.0 Å². The van der Waals surface area contributed by atoms with Gasteiger partial charge < -0.3 is 5.32 Å². The van der Waals surface area contributed by atoms with Gasteiger partial charge in [0.2, 0.25) is 0 Å². The van der Waals surface area contributed by atoms with Crippen molar-refractivity contribution in [2.24, 2.45) is 0 Å². The fourth-order valence-corrected chi connectivity index (χ4v) is 2.03. The van der Waals surface area contributed by atoms with Gasteiger partial charge in [-0.2, -0.15) is 0 Å². The number of rotatable bonds is 4. The van der Waals surface area contributed by atoms with Gasteiger partial charge in [-0.25, -0.2) is 14.4 Å². The first-order valence-electron chi connectivity index (χ1n) is 6.00. The Morgan fingerprint density at radius 3 is 2.63 bits per heavy atom. The zero-order valence-electron chi connectivity index (χ0n) is 10.8. The van der Waals surface area contributed by atoms with Gasteiger partial charge in [0, 0.05) is 12.4 Å².